The number of nitrogens with one attached hydrogen (secondary N) is 2. The average molecular weight is 263 g/mol. The van der Waals surface area contributed by atoms with E-state index in [1.54, 1.807) is 6.33 Å². The van der Waals surface area contributed by atoms with Crippen LogP contribution in [0.3, 0.4) is 0 Å². The number of piperazine rings is 1. The lowest BCUT2D eigenvalue weighted by Crippen LogP contribution is -2.44. The first-order valence-electron chi connectivity index (χ1n) is 7.28. The third-order valence-electron chi connectivity index (χ3n) is 3.40. The first-order chi connectivity index (χ1) is 9.24. The van der Waals surface area contributed by atoms with Crippen molar-refractivity contribution in [3.63, 3.8) is 0 Å². The molecule has 0 amide bonds. The van der Waals surface area contributed by atoms with E-state index in [1.165, 1.54) is 5.56 Å². The van der Waals surface area contributed by atoms with Crippen molar-refractivity contribution in [1.29, 1.82) is 0 Å². The Morgan fingerprint density at radius 2 is 2.05 bits per heavy atom. The van der Waals surface area contributed by atoms with Crippen molar-refractivity contribution >= 4 is 11.6 Å². The van der Waals surface area contributed by atoms with Crippen molar-refractivity contribution in [3.8, 4) is 0 Å². The highest BCUT2D eigenvalue weighted by atomic mass is 15.2. The van der Waals surface area contributed by atoms with Gasteiger partial charge in [0.25, 0.3) is 0 Å². The van der Waals surface area contributed by atoms with Crippen LogP contribution in [0.25, 0.3) is 0 Å². The Bertz CT molecular complexity index is 399. The lowest BCUT2D eigenvalue weighted by Gasteiger charge is -2.31. The van der Waals surface area contributed by atoms with Gasteiger partial charge in [-0.2, -0.15) is 0 Å². The lowest BCUT2D eigenvalue weighted by atomic mass is 10.0. The van der Waals surface area contributed by atoms with Crippen molar-refractivity contribution in [1.82, 2.24) is 15.3 Å². The fourth-order valence-electron chi connectivity index (χ4n) is 2.43. The molecule has 1 saturated heterocycles. The van der Waals surface area contributed by atoms with Crippen LogP contribution in [0.4, 0.5) is 11.6 Å². The second-order valence-corrected chi connectivity index (χ2v) is 5.28. The minimum atomic E-state index is 0.422. The topological polar surface area (TPSA) is 53.1 Å². The summed E-state index contributed by atoms with van der Waals surface area (Å²) in [5.41, 5.74) is 1.25. The molecule has 0 atom stereocenters. The Balaban J connectivity index is 2.30. The molecule has 0 aliphatic carbocycles. The van der Waals surface area contributed by atoms with Gasteiger partial charge in [0.1, 0.15) is 18.0 Å². The molecular formula is C14H25N5. The number of hydrogen-bond donors (Lipinski definition) is 2. The summed E-state index contributed by atoms with van der Waals surface area (Å²) in [6, 6.07) is 0. The van der Waals surface area contributed by atoms with Crippen LogP contribution < -0.4 is 15.5 Å². The molecule has 1 aliphatic heterocycles. The van der Waals surface area contributed by atoms with Gasteiger partial charge in [0, 0.05) is 38.3 Å². The van der Waals surface area contributed by atoms with E-state index >= 15 is 0 Å². The smallest absolute Gasteiger partial charge is 0.137 e. The van der Waals surface area contributed by atoms with Gasteiger partial charge in [0.2, 0.25) is 0 Å². The zero-order valence-electron chi connectivity index (χ0n) is 12.2. The molecule has 0 spiro atoms. The molecule has 2 N–H and O–H groups in total. The summed E-state index contributed by atoms with van der Waals surface area (Å²) in [5.74, 6) is 2.52. The van der Waals surface area contributed by atoms with Crippen molar-refractivity contribution in [2.45, 2.75) is 33.1 Å². The van der Waals surface area contributed by atoms with E-state index < -0.39 is 0 Å². The molecule has 2 heterocycles. The highest BCUT2D eigenvalue weighted by Gasteiger charge is 2.20. The van der Waals surface area contributed by atoms with Gasteiger partial charge in [0.15, 0.2) is 0 Å². The van der Waals surface area contributed by atoms with Crippen LogP contribution in [0.5, 0.6) is 0 Å². The summed E-state index contributed by atoms with van der Waals surface area (Å²) in [5, 5.41) is 6.81. The maximum Gasteiger partial charge on any atom is 0.137 e. The van der Waals surface area contributed by atoms with Crippen LogP contribution in [0, 0.1) is 0 Å². The summed E-state index contributed by atoms with van der Waals surface area (Å²) < 4.78 is 0. The maximum absolute atomic E-state index is 4.54. The number of rotatable bonds is 5. The number of nitrogens with zero attached hydrogens (tertiary/aromatic N) is 3. The molecule has 1 fully saturated rings. The summed E-state index contributed by atoms with van der Waals surface area (Å²) >= 11 is 0. The predicted molar refractivity (Wildman–Crippen MR) is 80.0 cm³/mol. The van der Waals surface area contributed by atoms with Gasteiger partial charge in [-0.25, -0.2) is 9.97 Å². The number of aromatic nitrogens is 2. The lowest BCUT2D eigenvalue weighted by molar-refractivity contribution is 0.581. The first-order valence-corrected chi connectivity index (χ1v) is 7.28. The van der Waals surface area contributed by atoms with Gasteiger partial charge in [-0.05, 0) is 12.3 Å². The van der Waals surface area contributed by atoms with Crippen LogP contribution in [0.15, 0.2) is 6.33 Å². The molecule has 106 valence electrons. The molecule has 0 aromatic carbocycles. The van der Waals surface area contributed by atoms with Crippen LogP contribution >= 0.6 is 0 Å². The van der Waals surface area contributed by atoms with E-state index in [1.807, 2.05) is 0 Å². The van der Waals surface area contributed by atoms with Gasteiger partial charge >= 0.3 is 0 Å². The van der Waals surface area contributed by atoms with E-state index in [0.29, 0.717) is 5.92 Å². The summed E-state index contributed by atoms with van der Waals surface area (Å²) in [6.07, 6.45) is 2.78. The Morgan fingerprint density at radius 1 is 1.32 bits per heavy atom. The highest BCUT2D eigenvalue weighted by Crippen LogP contribution is 2.30. The Hall–Kier alpha value is -1.36. The first kappa shape index (κ1) is 14.1. The van der Waals surface area contributed by atoms with Gasteiger partial charge in [-0.1, -0.05) is 20.8 Å². The van der Waals surface area contributed by atoms with Gasteiger partial charge < -0.3 is 15.5 Å². The third kappa shape index (κ3) is 3.35. The van der Waals surface area contributed by atoms with Crippen LogP contribution in [0.2, 0.25) is 0 Å². The van der Waals surface area contributed by atoms with Crippen LogP contribution in [0.1, 0.15) is 38.7 Å². The minimum absolute atomic E-state index is 0.422. The number of hydrogen-bond acceptors (Lipinski definition) is 5. The second-order valence-electron chi connectivity index (χ2n) is 5.28. The van der Waals surface area contributed by atoms with Gasteiger partial charge in [-0.15, -0.1) is 0 Å². The molecule has 0 bridgehead atoms. The van der Waals surface area contributed by atoms with Gasteiger partial charge in [0.05, 0.1) is 0 Å². The molecule has 1 aliphatic rings. The molecule has 0 radical (unpaired) electrons. The quantitative estimate of drug-likeness (QED) is 0.849. The zero-order valence-corrected chi connectivity index (χ0v) is 12.2. The average Bonchev–Trinajstić information content (AvgIpc) is 2.45. The summed E-state index contributed by atoms with van der Waals surface area (Å²) in [4.78, 5) is 11.3. The minimum Gasteiger partial charge on any atom is -0.370 e. The summed E-state index contributed by atoms with van der Waals surface area (Å²) in [7, 11) is 0. The standard InChI is InChI=1S/C14H25N5/c1-4-5-16-13-12(11(2)3)14(18-10-17-13)19-8-6-15-7-9-19/h10-11,15H,4-9H2,1-3H3,(H,16,17,18). The Labute approximate surface area is 115 Å². The predicted octanol–water partition coefficient (Wildman–Crippen LogP) is 1.83. The van der Waals surface area contributed by atoms with E-state index in [-0.39, 0.29) is 0 Å². The molecule has 5 nitrogen and oxygen atoms in total. The third-order valence-corrected chi connectivity index (χ3v) is 3.40. The molecular weight excluding hydrogens is 238 g/mol. The fraction of sp³-hybridized carbons (Fsp3) is 0.714. The molecule has 5 heteroatoms. The Kier molecular flexibility index (Phi) is 4.96. The number of anilines is 2. The SMILES string of the molecule is CCCNc1ncnc(N2CCNCC2)c1C(C)C. The molecule has 0 saturated carbocycles. The Morgan fingerprint density at radius 3 is 2.68 bits per heavy atom. The van der Waals surface area contributed by atoms with Crippen molar-refractivity contribution < 1.29 is 0 Å². The van der Waals surface area contributed by atoms with Crippen molar-refractivity contribution in [2.24, 2.45) is 0 Å². The second kappa shape index (κ2) is 6.70. The van der Waals surface area contributed by atoms with Crippen molar-refractivity contribution in [2.75, 3.05) is 42.9 Å². The molecule has 0 unspecified atom stereocenters. The van der Waals surface area contributed by atoms with E-state index in [0.717, 1.165) is 50.8 Å². The van der Waals surface area contributed by atoms with E-state index in [2.05, 4.69) is 46.3 Å². The van der Waals surface area contributed by atoms with E-state index in [9.17, 15) is 0 Å². The normalized spacial score (nSPS) is 15.9. The monoisotopic (exact) mass is 263 g/mol. The molecule has 1 aromatic rings. The molecule has 19 heavy (non-hydrogen) atoms. The fourth-order valence-corrected chi connectivity index (χ4v) is 2.43. The molecule has 2 rings (SSSR count). The van der Waals surface area contributed by atoms with Crippen LogP contribution in [-0.2, 0) is 0 Å². The molecule has 1 aromatic heterocycles. The van der Waals surface area contributed by atoms with Gasteiger partial charge in [-0.3, -0.25) is 0 Å². The highest BCUT2D eigenvalue weighted by molar-refractivity contribution is 5.60. The van der Waals surface area contributed by atoms with Crippen molar-refractivity contribution in [3.05, 3.63) is 11.9 Å². The summed E-state index contributed by atoms with van der Waals surface area (Å²) in [6.45, 7) is 11.6. The largest absolute Gasteiger partial charge is 0.370 e. The van der Waals surface area contributed by atoms with E-state index in [4.69, 9.17) is 0 Å². The maximum atomic E-state index is 4.54. The van der Waals surface area contributed by atoms with Crippen LogP contribution in [-0.4, -0.2) is 42.7 Å². The zero-order chi connectivity index (χ0) is 13.7.